The van der Waals surface area contributed by atoms with Gasteiger partial charge < -0.3 is 10.6 Å². The monoisotopic (exact) mass is 360 g/mol. The van der Waals surface area contributed by atoms with Crippen LogP contribution < -0.4 is 10.6 Å². The standard InChI is InChI=1S/C23H24N2O2/c1-17(20-14-7-12-18-9-5-6-13-21(18)20)25-22(26)15-8-16-24-23(27)19-10-3-2-4-11-19/h2-7,9-14,17H,8,15-16H2,1H3,(H,24,27)(H,25,26). The van der Waals surface area contributed by atoms with Gasteiger partial charge >= 0.3 is 0 Å². The summed E-state index contributed by atoms with van der Waals surface area (Å²) in [6, 6.07) is 23.3. The highest BCUT2D eigenvalue weighted by atomic mass is 16.2. The minimum absolute atomic E-state index is 0.00982. The average molecular weight is 360 g/mol. The maximum absolute atomic E-state index is 12.3. The molecule has 0 spiro atoms. The van der Waals surface area contributed by atoms with Crippen molar-refractivity contribution in [2.24, 2.45) is 0 Å². The summed E-state index contributed by atoms with van der Waals surface area (Å²) < 4.78 is 0. The Bertz CT molecular complexity index is 917. The van der Waals surface area contributed by atoms with Crippen LogP contribution >= 0.6 is 0 Å². The fourth-order valence-electron chi connectivity index (χ4n) is 3.16. The van der Waals surface area contributed by atoms with Gasteiger partial charge in [0.1, 0.15) is 0 Å². The molecule has 4 heteroatoms. The first-order valence-electron chi connectivity index (χ1n) is 9.25. The van der Waals surface area contributed by atoms with Crippen molar-refractivity contribution in [3.63, 3.8) is 0 Å². The van der Waals surface area contributed by atoms with E-state index in [-0.39, 0.29) is 17.9 Å². The van der Waals surface area contributed by atoms with E-state index >= 15 is 0 Å². The molecule has 138 valence electrons. The normalized spacial score (nSPS) is 11.7. The third-order valence-corrected chi connectivity index (χ3v) is 4.57. The van der Waals surface area contributed by atoms with Crippen LogP contribution in [0.25, 0.3) is 10.8 Å². The van der Waals surface area contributed by atoms with E-state index in [1.807, 2.05) is 49.4 Å². The van der Waals surface area contributed by atoms with Crippen molar-refractivity contribution in [3.05, 3.63) is 83.9 Å². The zero-order valence-corrected chi connectivity index (χ0v) is 15.4. The van der Waals surface area contributed by atoms with Crippen molar-refractivity contribution in [3.8, 4) is 0 Å². The van der Waals surface area contributed by atoms with Gasteiger partial charge in [0.2, 0.25) is 5.91 Å². The number of nitrogens with one attached hydrogen (secondary N) is 2. The second-order valence-electron chi connectivity index (χ2n) is 6.58. The Morgan fingerprint density at radius 3 is 2.41 bits per heavy atom. The molecular weight excluding hydrogens is 336 g/mol. The molecule has 0 bridgehead atoms. The van der Waals surface area contributed by atoms with Crippen LogP contribution in [-0.2, 0) is 4.79 Å². The summed E-state index contributed by atoms with van der Waals surface area (Å²) in [6.45, 7) is 2.47. The Morgan fingerprint density at radius 2 is 1.59 bits per heavy atom. The van der Waals surface area contributed by atoms with Crippen LogP contribution in [0, 0.1) is 0 Å². The molecule has 2 N–H and O–H groups in total. The van der Waals surface area contributed by atoms with Crippen molar-refractivity contribution in [2.45, 2.75) is 25.8 Å². The predicted molar refractivity (Wildman–Crippen MR) is 109 cm³/mol. The fraction of sp³-hybridized carbons (Fsp3) is 0.217. The molecule has 3 rings (SSSR count). The summed E-state index contributed by atoms with van der Waals surface area (Å²) in [5, 5.41) is 8.22. The highest BCUT2D eigenvalue weighted by Gasteiger charge is 2.12. The number of rotatable bonds is 7. The minimum atomic E-state index is -0.111. The van der Waals surface area contributed by atoms with Crippen LogP contribution in [0.15, 0.2) is 72.8 Å². The van der Waals surface area contributed by atoms with Crippen molar-refractivity contribution < 1.29 is 9.59 Å². The van der Waals surface area contributed by atoms with E-state index in [2.05, 4.69) is 28.8 Å². The maximum Gasteiger partial charge on any atom is 0.251 e. The van der Waals surface area contributed by atoms with Crippen molar-refractivity contribution in [2.75, 3.05) is 6.54 Å². The zero-order chi connectivity index (χ0) is 19.1. The van der Waals surface area contributed by atoms with E-state index in [1.165, 1.54) is 5.39 Å². The molecule has 0 radical (unpaired) electrons. The summed E-state index contributed by atoms with van der Waals surface area (Å²) >= 11 is 0. The summed E-state index contributed by atoms with van der Waals surface area (Å²) in [7, 11) is 0. The van der Waals surface area contributed by atoms with E-state index in [1.54, 1.807) is 12.1 Å². The van der Waals surface area contributed by atoms with E-state index in [0.29, 0.717) is 24.9 Å². The quantitative estimate of drug-likeness (QED) is 0.620. The maximum atomic E-state index is 12.3. The van der Waals surface area contributed by atoms with E-state index in [4.69, 9.17) is 0 Å². The summed E-state index contributed by atoms with van der Waals surface area (Å²) in [5.74, 6) is -0.121. The van der Waals surface area contributed by atoms with Gasteiger partial charge in [-0.05, 0) is 41.8 Å². The Balaban J connectivity index is 1.47. The molecule has 3 aromatic rings. The largest absolute Gasteiger partial charge is 0.352 e. The van der Waals surface area contributed by atoms with Gasteiger partial charge in [-0.3, -0.25) is 9.59 Å². The zero-order valence-electron chi connectivity index (χ0n) is 15.4. The summed E-state index contributed by atoms with van der Waals surface area (Å²) in [5.41, 5.74) is 1.74. The highest BCUT2D eigenvalue weighted by molar-refractivity contribution is 5.94. The molecule has 0 aliphatic heterocycles. The molecule has 0 saturated heterocycles. The highest BCUT2D eigenvalue weighted by Crippen LogP contribution is 2.24. The van der Waals surface area contributed by atoms with E-state index in [9.17, 15) is 9.59 Å². The Kier molecular flexibility index (Phi) is 6.21. The molecular formula is C23H24N2O2. The van der Waals surface area contributed by atoms with Crippen LogP contribution in [0.4, 0.5) is 0 Å². The molecule has 1 atom stereocenters. The van der Waals surface area contributed by atoms with Gasteiger partial charge in [-0.25, -0.2) is 0 Å². The van der Waals surface area contributed by atoms with Crippen LogP contribution in [0.5, 0.6) is 0 Å². The lowest BCUT2D eigenvalue weighted by molar-refractivity contribution is -0.121. The Labute approximate surface area is 159 Å². The van der Waals surface area contributed by atoms with Gasteiger partial charge in [-0.2, -0.15) is 0 Å². The number of benzene rings is 3. The molecule has 0 aliphatic carbocycles. The number of carbonyl (C=O) groups excluding carboxylic acids is 2. The van der Waals surface area contributed by atoms with E-state index in [0.717, 1.165) is 10.9 Å². The third kappa shape index (κ3) is 4.94. The Hall–Kier alpha value is -3.14. The fourth-order valence-corrected chi connectivity index (χ4v) is 3.16. The Morgan fingerprint density at radius 1 is 0.889 bits per heavy atom. The number of fused-ring (bicyclic) bond motifs is 1. The third-order valence-electron chi connectivity index (χ3n) is 4.57. The van der Waals surface area contributed by atoms with Gasteiger partial charge in [0.15, 0.2) is 0 Å². The average Bonchev–Trinajstić information content (AvgIpc) is 2.71. The first kappa shape index (κ1) is 18.6. The molecule has 0 aromatic heterocycles. The van der Waals surface area contributed by atoms with Crippen molar-refractivity contribution in [1.29, 1.82) is 0 Å². The van der Waals surface area contributed by atoms with Gasteiger partial charge in [0.25, 0.3) is 5.91 Å². The summed E-state index contributed by atoms with van der Waals surface area (Å²) in [4.78, 5) is 24.2. The number of hydrogen-bond acceptors (Lipinski definition) is 2. The molecule has 2 amide bonds. The predicted octanol–water partition coefficient (Wildman–Crippen LogP) is 4.23. The molecule has 0 fully saturated rings. The summed E-state index contributed by atoms with van der Waals surface area (Å²) in [6.07, 6.45) is 0.983. The number of carbonyl (C=O) groups is 2. The SMILES string of the molecule is CC(NC(=O)CCCNC(=O)c1ccccc1)c1cccc2ccccc12. The van der Waals surface area contributed by atoms with Crippen LogP contribution in [0.3, 0.4) is 0 Å². The van der Waals surface area contributed by atoms with Gasteiger partial charge in [-0.15, -0.1) is 0 Å². The van der Waals surface area contributed by atoms with Crippen molar-refractivity contribution >= 4 is 22.6 Å². The van der Waals surface area contributed by atoms with Gasteiger partial charge in [-0.1, -0.05) is 60.7 Å². The smallest absolute Gasteiger partial charge is 0.251 e. The van der Waals surface area contributed by atoms with Crippen LogP contribution in [0.2, 0.25) is 0 Å². The molecule has 4 nitrogen and oxygen atoms in total. The molecule has 0 aliphatic rings. The minimum Gasteiger partial charge on any atom is -0.352 e. The lowest BCUT2D eigenvalue weighted by Crippen LogP contribution is -2.29. The topological polar surface area (TPSA) is 58.2 Å². The number of hydrogen-bond donors (Lipinski definition) is 2. The molecule has 0 heterocycles. The van der Waals surface area contributed by atoms with Crippen LogP contribution in [-0.4, -0.2) is 18.4 Å². The van der Waals surface area contributed by atoms with Gasteiger partial charge in [0.05, 0.1) is 6.04 Å². The lowest BCUT2D eigenvalue weighted by Gasteiger charge is -2.16. The first-order chi connectivity index (χ1) is 13.1. The molecule has 27 heavy (non-hydrogen) atoms. The van der Waals surface area contributed by atoms with Crippen molar-refractivity contribution in [1.82, 2.24) is 10.6 Å². The second kappa shape index (κ2) is 8.99. The van der Waals surface area contributed by atoms with Gasteiger partial charge in [0, 0.05) is 18.5 Å². The first-order valence-corrected chi connectivity index (χ1v) is 9.25. The number of amides is 2. The second-order valence-corrected chi connectivity index (χ2v) is 6.58. The van der Waals surface area contributed by atoms with Crippen LogP contribution in [0.1, 0.15) is 41.7 Å². The molecule has 0 saturated carbocycles. The van der Waals surface area contributed by atoms with E-state index < -0.39 is 0 Å². The molecule has 3 aromatic carbocycles. The lowest BCUT2D eigenvalue weighted by atomic mass is 9.99. The molecule has 1 unspecified atom stereocenters.